The van der Waals surface area contributed by atoms with Gasteiger partial charge in [-0.2, -0.15) is 4.80 Å². The summed E-state index contributed by atoms with van der Waals surface area (Å²) >= 11 is 0. The zero-order chi connectivity index (χ0) is 11.5. The Labute approximate surface area is 96.6 Å². The van der Waals surface area contributed by atoms with Gasteiger partial charge < -0.3 is 5.32 Å². The van der Waals surface area contributed by atoms with Gasteiger partial charge in [-0.1, -0.05) is 6.92 Å². The molecule has 5 heteroatoms. The van der Waals surface area contributed by atoms with Crippen LogP contribution in [0.15, 0.2) is 0 Å². The van der Waals surface area contributed by atoms with Gasteiger partial charge in [0.1, 0.15) is 0 Å². The molecule has 1 aliphatic rings. The Morgan fingerprint density at radius 3 is 2.88 bits per heavy atom. The van der Waals surface area contributed by atoms with Crippen LogP contribution in [0.3, 0.4) is 0 Å². The Kier molecular flexibility index (Phi) is 3.53. The van der Waals surface area contributed by atoms with Crippen LogP contribution in [0.25, 0.3) is 0 Å². The highest BCUT2D eigenvalue weighted by Crippen LogP contribution is 2.30. The second-order valence-electron chi connectivity index (χ2n) is 4.97. The molecular formula is C11H21N5. The molecule has 1 aromatic rings. The molecule has 1 aromatic heterocycles. The van der Waals surface area contributed by atoms with Gasteiger partial charge in [0.2, 0.25) is 0 Å². The average Bonchev–Trinajstić information content (AvgIpc) is 2.64. The lowest BCUT2D eigenvalue weighted by atomic mass is 9.77. The number of nitrogens with zero attached hydrogens (tertiary/aromatic N) is 4. The number of nitrogens with one attached hydrogen (secondary N) is 1. The van der Waals surface area contributed by atoms with Crippen LogP contribution >= 0.6 is 0 Å². The number of tetrazole rings is 1. The van der Waals surface area contributed by atoms with Gasteiger partial charge in [-0.3, -0.25) is 0 Å². The maximum absolute atomic E-state index is 4.27. The van der Waals surface area contributed by atoms with Crippen molar-refractivity contribution >= 4 is 0 Å². The number of rotatable bonds is 3. The molecule has 1 N–H and O–H groups in total. The topological polar surface area (TPSA) is 55.6 Å². The van der Waals surface area contributed by atoms with Crippen molar-refractivity contribution in [2.45, 2.75) is 38.6 Å². The highest BCUT2D eigenvalue weighted by Gasteiger charge is 2.28. The molecule has 0 aliphatic heterocycles. The van der Waals surface area contributed by atoms with E-state index in [9.17, 15) is 0 Å². The van der Waals surface area contributed by atoms with Crippen molar-refractivity contribution < 1.29 is 0 Å². The largest absolute Gasteiger partial charge is 0.317 e. The predicted molar refractivity (Wildman–Crippen MR) is 61.9 cm³/mol. The minimum Gasteiger partial charge on any atom is -0.317 e. The van der Waals surface area contributed by atoms with Crippen LogP contribution < -0.4 is 5.32 Å². The molecule has 90 valence electrons. The van der Waals surface area contributed by atoms with E-state index in [1.165, 1.54) is 24.1 Å². The molecule has 3 atom stereocenters. The first-order chi connectivity index (χ1) is 7.69. The minimum absolute atomic E-state index is 0.611. The summed E-state index contributed by atoms with van der Waals surface area (Å²) in [6, 6.07) is 0.611. The fourth-order valence-electron chi connectivity index (χ4n) is 2.74. The Balaban J connectivity index is 2.00. The van der Waals surface area contributed by atoms with Gasteiger partial charge in [0.25, 0.3) is 0 Å². The third-order valence-corrected chi connectivity index (χ3v) is 3.61. The van der Waals surface area contributed by atoms with E-state index < -0.39 is 0 Å². The summed E-state index contributed by atoms with van der Waals surface area (Å²) in [5.41, 5.74) is 0. The molecule has 0 bridgehead atoms. The van der Waals surface area contributed by atoms with E-state index in [0.717, 1.165) is 18.2 Å². The van der Waals surface area contributed by atoms with Crippen LogP contribution in [0.1, 0.15) is 32.0 Å². The number of hydrogen-bond acceptors (Lipinski definition) is 4. The van der Waals surface area contributed by atoms with Crippen LogP contribution in [0.2, 0.25) is 0 Å². The van der Waals surface area contributed by atoms with Crippen LogP contribution in [0.4, 0.5) is 0 Å². The third-order valence-electron chi connectivity index (χ3n) is 3.61. The monoisotopic (exact) mass is 223 g/mol. The Morgan fingerprint density at radius 1 is 1.44 bits per heavy atom. The number of aryl methyl sites for hydroxylation is 1. The molecule has 0 radical (unpaired) electrons. The minimum atomic E-state index is 0.611. The quantitative estimate of drug-likeness (QED) is 0.822. The number of aromatic nitrogens is 4. The zero-order valence-electron chi connectivity index (χ0n) is 10.3. The standard InChI is InChI=1S/C11H21N5/c1-8-4-5-10(12-2)9(6-8)7-11-13-15-16(3)14-11/h8-10,12H,4-7H2,1-3H3. The lowest BCUT2D eigenvalue weighted by molar-refractivity contribution is 0.217. The first-order valence-corrected chi connectivity index (χ1v) is 6.09. The lowest BCUT2D eigenvalue weighted by Crippen LogP contribution is -2.39. The van der Waals surface area contributed by atoms with Gasteiger partial charge in [-0.05, 0) is 43.4 Å². The van der Waals surface area contributed by atoms with Crippen LogP contribution in [-0.4, -0.2) is 33.3 Å². The molecule has 1 fully saturated rings. The van der Waals surface area contributed by atoms with E-state index in [-0.39, 0.29) is 0 Å². The first-order valence-electron chi connectivity index (χ1n) is 6.09. The summed E-state index contributed by atoms with van der Waals surface area (Å²) in [7, 11) is 3.87. The molecule has 3 unspecified atom stereocenters. The predicted octanol–water partition coefficient (Wildman–Crippen LogP) is 0.777. The zero-order valence-corrected chi connectivity index (χ0v) is 10.3. The third kappa shape index (κ3) is 2.58. The van der Waals surface area contributed by atoms with Crippen molar-refractivity contribution in [2.24, 2.45) is 18.9 Å². The Hall–Kier alpha value is -0.970. The van der Waals surface area contributed by atoms with E-state index >= 15 is 0 Å². The molecule has 0 spiro atoms. The molecule has 2 rings (SSSR count). The van der Waals surface area contributed by atoms with Gasteiger partial charge in [0, 0.05) is 12.5 Å². The van der Waals surface area contributed by atoms with Gasteiger partial charge >= 0.3 is 0 Å². The summed E-state index contributed by atoms with van der Waals surface area (Å²) < 4.78 is 0. The number of hydrogen-bond donors (Lipinski definition) is 1. The molecule has 16 heavy (non-hydrogen) atoms. The van der Waals surface area contributed by atoms with Crippen molar-refractivity contribution in [3.8, 4) is 0 Å². The normalized spacial score (nSPS) is 30.6. The van der Waals surface area contributed by atoms with Crippen molar-refractivity contribution in [2.75, 3.05) is 7.05 Å². The molecule has 1 heterocycles. The summed E-state index contributed by atoms with van der Waals surface area (Å²) in [6.07, 6.45) is 4.81. The molecule has 0 amide bonds. The van der Waals surface area contributed by atoms with Crippen molar-refractivity contribution in [1.29, 1.82) is 0 Å². The molecule has 1 saturated carbocycles. The maximum Gasteiger partial charge on any atom is 0.175 e. The Morgan fingerprint density at radius 2 is 2.25 bits per heavy atom. The van der Waals surface area contributed by atoms with Gasteiger partial charge in [-0.25, -0.2) is 0 Å². The fraction of sp³-hybridized carbons (Fsp3) is 0.909. The van der Waals surface area contributed by atoms with E-state index in [1.807, 2.05) is 7.05 Å². The summed E-state index contributed by atoms with van der Waals surface area (Å²) in [4.78, 5) is 1.54. The van der Waals surface area contributed by atoms with E-state index in [0.29, 0.717) is 12.0 Å². The summed E-state index contributed by atoms with van der Waals surface area (Å²) in [5.74, 6) is 2.35. The van der Waals surface area contributed by atoms with Crippen LogP contribution in [0, 0.1) is 11.8 Å². The summed E-state index contributed by atoms with van der Waals surface area (Å²) in [5, 5.41) is 15.6. The maximum atomic E-state index is 4.27. The van der Waals surface area contributed by atoms with Crippen molar-refractivity contribution in [1.82, 2.24) is 25.5 Å². The van der Waals surface area contributed by atoms with E-state index in [1.54, 1.807) is 0 Å². The second-order valence-corrected chi connectivity index (χ2v) is 4.97. The highest BCUT2D eigenvalue weighted by atomic mass is 15.6. The van der Waals surface area contributed by atoms with Gasteiger partial charge in [-0.15, -0.1) is 10.2 Å². The first kappa shape index (κ1) is 11.5. The fourth-order valence-corrected chi connectivity index (χ4v) is 2.74. The lowest BCUT2D eigenvalue weighted by Gasteiger charge is -2.34. The molecule has 5 nitrogen and oxygen atoms in total. The van der Waals surface area contributed by atoms with Crippen molar-refractivity contribution in [3.63, 3.8) is 0 Å². The second kappa shape index (κ2) is 4.91. The highest BCUT2D eigenvalue weighted by molar-refractivity contribution is 4.90. The SMILES string of the molecule is CNC1CCC(C)CC1Cc1nnn(C)n1. The summed E-state index contributed by atoms with van der Waals surface area (Å²) in [6.45, 7) is 2.34. The Bertz CT molecular complexity index is 335. The average molecular weight is 223 g/mol. The molecule has 0 saturated heterocycles. The van der Waals surface area contributed by atoms with Crippen molar-refractivity contribution in [3.05, 3.63) is 5.82 Å². The molecule has 1 aliphatic carbocycles. The van der Waals surface area contributed by atoms with E-state index in [4.69, 9.17) is 0 Å². The van der Waals surface area contributed by atoms with E-state index in [2.05, 4.69) is 34.7 Å². The molecule has 0 aromatic carbocycles. The van der Waals surface area contributed by atoms with Gasteiger partial charge in [0.05, 0.1) is 7.05 Å². The van der Waals surface area contributed by atoms with Crippen LogP contribution in [-0.2, 0) is 13.5 Å². The van der Waals surface area contributed by atoms with Crippen LogP contribution in [0.5, 0.6) is 0 Å². The smallest absolute Gasteiger partial charge is 0.175 e. The van der Waals surface area contributed by atoms with Gasteiger partial charge in [0.15, 0.2) is 5.82 Å². The molecular weight excluding hydrogens is 202 g/mol.